The molecule has 0 bridgehead atoms. The minimum atomic E-state index is 0.550. The van der Waals surface area contributed by atoms with Gasteiger partial charge in [0.15, 0.2) is 11.6 Å². The Morgan fingerprint density at radius 1 is 0.286 bits per heavy atom. The standard InChI is InChI=1S/C96H63N9/c1-3-62(56-81-61(2)102(86-41-20-18-39-77(81)86)96-100-93(64-28-10-5-11-29-64)99-94(101-96)65-30-12-6-13-31-65)69-47-51-79-75-37-16-22-43-88(75)104(91(79)58-69)85-45-25-33-71-54-67(46-50-74(71)85)66-32-24-34-72(55-66)84-60-83(63-26-8-4-9-27-63)97-95(98-84)105-89-44-23-17-38-76(89)80-52-48-70(59-92(80)105)68-49-53-90-82(57-68)78-40-19-21-42-87(78)103(90)73-35-14-7-15-36-73/h3-60H,1H2,2H3/b62-56+. The molecule has 0 aliphatic rings. The number of aromatic nitrogens is 9. The van der Waals surface area contributed by atoms with Crippen molar-refractivity contribution in [3.63, 3.8) is 0 Å². The summed E-state index contributed by atoms with van der Waals surface area (Å²) >= 11 is 0. The topological polar surface area (TPSA) is 84.2 Å². The summed E-state index contributed by atoms with van der Waals surface area (Å²) in [5.41, 5.74) is 23.8. The zero-order chi connectivity index (χ0) is 69.6. The monoisotopic (exact) mass is 1340 g/mol. The summed E-state index contributed by atoms with van der Waals surface area (Å²) in [5.74, 6) is 2.36. The first-order valence-electron chi connectivity index (χ1n) is 35.5. The lowest BCUT2D eigenvalue weighted by molar-refractivity contribution is 0.906. The zero-order valence-corrected chi connectivity index (χ0v) is 57.2. The molecule has 0 atom stereocenters. The van der Waals surface area contributed by atoms with Crippen molar-refractivity contribution in [3.05, 3.63) is 369 Å². The van der Waals surface area contributed by atoms with Crippen molar-refractivity contribution in [2.24, 2.45) is 0 Å². The van der Waals surface area contributed by atoms with Crippen LogP contribution in [0.3, 0.4) is 0 Å². The zero-order valence-electron chi connectivity index (χ0n) is 57.2. The van der Waals surface area contributed by atoms with Gasteiger partial charge in [-0.2, -0.15) is 9.97 Å². The van der Waals surface area contributed by atoms with Crippen LogP contribution >= 0.6 is 0 Å². The van der Waals surface area contributed by atoms with Gasteiger partial charge < -0.3 is 9.13 Å². The third-order valence-corrected chi connectivity index (χ3v) is 20.8. The SMILES string of the molecule is C=C/C(=C\c1c(C)n(-c2nc(-c3ccccc3)nc(-c3ccccc3)n2)c2ccccc12)c1ccc2c3ccccc3n(-c3cccc4cc(-c5cccc(-c6cc(-c7ccccc7)nc(-n7c8ccccc8c8ccc(-c9ccc%10c(c9)c9ccccc9n%10-c9ccccc9)cc87)n6)c5)ccc34)c2c1. The molecule has 6 heterocycles. The number of hydrogen-bond acceptors (Lipinski definition) is 5. The molecule has 0 saturated heterocycles. The quantitative estimate of drug-likeness (QED) is 0.107. The third kappa shape index (κ3) is 10.3. The van der Waals surface area contributed by atoms with Crippen LogP contribution in [0.25, 0.3) is 190 Å². The first-order valence-corrected chi connectivity index (χ1v) is 35.5. The fourth-order valence-corrected chi connectivity index (χ4v) is 15.9. The summed E-state index contributed by atoms with van der Waals surface area (Å²) < 4.78 is 9.22. The summed E-state index contributed by atoms with van der Waals surface area (Å²) in [6, 6.07) is 121. The largest absolute Gasteiger partial charge is 0.309 e. The number of hydrogen-bond donors (Lipinski definition) is 0. The van der Waals surface area contributed by atoms with Crippen LogP contribution < -0.4 is 0 Å². The number of nitrogens with zero attached hydrogens (tertiary/aromatic N) is 9. The molecule has 20 rings (SSSR count). The smallest absolute Gasteiger partial charge is 0.238 e. The normalized spacial score (nSPS) is 12.0. The molecule has 0 radical (unpaired) electrons. The van der Waals surface area contributed by atoms with Gasteiger partial charge in [-0.1, -0.05) is 267 Å². The van der Waals surface area contributed by atoms with Crippen molar-refractivity contribution >= 4 is 98.7 Å². The van der Waals surface area contributed by atoms with Crippen LogP contribution in [-0.2, 0) is 0 Å². The minimum absolute atomic E-state index is 0.550. The Bertz CT molecular complexity index is 6860. The van der Waals surface area contributed by atoms with Gasteiger partial charge in [-0.3, -0.25) is 9.13 Å². The van der Waals surface area contributed by atoms with E-state index in [2.05, 4.69) is 317 Å². The van der Waals surface area contributed by atoms with Gasteiger partial charge >= 0.3 is 0 Å². The number of fused-ring (bicyclic) bond motifs is 11. The lowest BCUT2D eigenvalue weighted by Crippen LogP contribution is -2.07. The molecule has 105 heavy (non-hydrogen) atoms. The number of rotatable bonds is 13. The van der Waals surface area contributed by atoms with Crippen LogP contribution in [0.5, 0.6) is 0 Å². The molecule has 9 nitrogen and oxygen atoms in total. The Kier molecular flexibility index (Phi) is 14.4. The third-order valence-electron chi connectivity index (χ3n) is 20.8. The van der Waals surface area contributed by atoms with Crippen LogP contribution in [0.2, 0.25) is 0 Å². The van der Waals surface area contributed by atoms with Gasteiger partial charge in [-0.05, 0) is 137 Å². The summed E-state index contributed by atoms with van der Waals surface area (Å²) in [4.78, 5) is 26.4. The average Bonchev–Trinajstić information content (AvgIpc) is 1.60. The van der Waals surface area contributed by atoms with Gasteiger partial charge in [0, 0.05) is 82.3 Å². The summed E-state index contributed by atoms with van der Waals surface area (Å²) in [6.45, 7) is 6.61. The molecule has 20 aromatic rings. The van der Waals surface area contributed by atoms with Crippen molar-refractivity contribution in [1.29, 1.82) is 0 Å². The van der Waals surface area contributed by atoms with Crippen LogP contribution in [0, 0.1) is 6.92 Å². The van der Waals surface area contributed by atoms with Crippen LogP contribution in [-0.4, -0.2) is 43.2 Å². The number of benzene rings is 14. The predicted octanol–water partition coefficient (Wildman–Crippen LogP) is 24.1. The highest BCUT2D eigenvalue weighted by molar-refractivity contribution is 6.14. The molecular weight excluding hydrogens is 1280 g/mol. The Balaban J connectivity index is 0.673. The van der Waals surface area contributed by atoms with Crippen molar-refractivity contribution in [3.8, 4) is 90.8 Å². The van der Waals surface area contributed by atoms with E-state index >= 15 is 0 Å². The van der Waals surface area contributed by atoms with Gasteiger partial charge in [0.2, 0.25) is 11.9 Å². The molecule has 9 heteroatoms. The molecule has 0 spiro atoms. The average molecular weight is 1340 g/mol. The Morgan fingerprint density at radius 3 is 1.41 bits per heavy atom. The molecule has 0 N–H and O–H groups in total. The second-order valence-electron chi connectivity index (χ2n) is 26.9. The lowest BCUT2D eigenvalue weighted by atomic mass is 9.97. The van der Waals surface area contributed by atoms with E-state index in [1.165, 1.54) is 32.6 Å². The molecule has 0 aliphatic heterocycles. The van der Waals surface area contributed by atoms with E-state index in [-0.39, 0.29) is 0 Å². The van der Waals surface area contributed by atoms with E-state index in [0.717, 1.165) is 144 Å². The van der Waals surface area contributed by atoms with Crippen molar-refractivity contribution in [1.82, 2.24) is 43.2 Å². The van der Waals surface area contributed by atoms with E-state index in [4.69, 9.17) is 24.9 Å². The highest BCUT2D eigenvalue weighted by Gasteiger charge is 2.24. The second-order valence-corrected chi connectivity index (χ2v) is 26.9. The van der Waals surface area contributed by atoms with E-state index in [1.807, 2.05) is 66.7 Å². The van der Waals surface area contributed by atoms with E-state index in [0.29, 0.717) is 23.5 Å². The fourth-order valence-electron chi connectivity index (χ4n) is 15.9. The maximum atomic E-state index is 5.58. The molecule has 0 fully saturated rings. The fraction of sp³-hybridized carbons (Fsp3) is 0.0104. The first-order chi connectivity index (χ1) is 51.9. The molecule has 0 unspecified atom stereocenters. The van der Waals surface area contributed by atoms with Gasteiger partial charge in [-0.25, -0.2) is 15.0 Å². The Morgan fingerprint density at radius 2 is 0.743 bits per heavy atom. The van der Waals surface area contributed by atoms with Gasteiger partial charge in [-0.15, -0.1) is 0 Å². The molecule has 0 aliphatic carbocycles. The summed E-state index contributed by atoms with van der Waals surface area (Å²) in [7, 11) is 0. The van der Waals surface area contributed by atoms with E-state index in [1.54, 1.807) is 0 Å². The van der Waals surface area contributed by atoms with Crippen LogP contribution in [0.4, 0.5) is 0 Å². The maximum Gasteiger partial charge on any atom is 0.238 e. The van der Waals surface area contributed by atoms with Gasteiger partial charge in [0.25, 0.3) is 0 Å². The first kappa shape index (κ1) is 60.8. The van der Waals surface area contributed by atoms with E-state index in [9.17, 15) is 0 Å². The lowest BCUT2D eigenvalue weighted by Gasteiger charge is -2.14. The number of allylic oxidation sites excluding steroid dienone is 2. The van der Waals surface area contributed by atoms with Gasteiger partial charge in [0.05, 0.1) is 55.7 Å². The minimum Gasteiger partial charge on any atom is -0.309 e. The molecule has 0 saturated carbocycles. The van der Waals surface area contributed by atoms with Crippen LogP contribution in [0.15, 0.2) is 352 Å². The molecule has 0 amide bonds. The maximum absolute atomic E-state index is 5.58. The summed E-state index contributed by atoms with van der Waals surface area (Å²) in [5, 5.41) is 10.4. The van der Waals surface area contributed by atoms with Gasteiger partial charge in [0.1, 0.15) is 0 Å². The highest BCUT2D eigenvalue weighted by atomic mass is 15.2. The number of para-hydroxylation sites is 5. The van der Waals surface area contributed by atoms with Crippen molar-refractivity contribution in [2.45, 2.75) is 6.92 Å². The highest BCUT2D eigenvalue weighted by Crippen LogP contribution is 2.43. The Hall–Kier alpha value is -14.2. The molecule has 14 aromatic carbocycles. The van der Waals surface area contributed by atoms with Crippen molar-refractivity contribution in [2.75, 3.05) is 0 Å². The summed E-state index contributed by atoms with van der Waals surface area (Å²) in [6.07, 6.45) is 4.24. The molecule has 492 valence electrons. The van der Waals surface area contributed by atoms with E-state index < -0.39 is 0 Å². The predicted molar refractivity (Wildman–Crippen MR) is 435 cm³/mol. The Labute approximate surface area is 605 Å². The van der Waals surface area contributed by atoms with Crippen LogP contribution in [0.1, 0.15) is 16.8 Å². The molecule has 6 aromatic heterocycles. The second kappa shape index (κ2) is 24.9. The van der Waals surface area contributed by atoms with Crippen molar-refractivity contribution < 1.29 is 0 Å². The molecular formula is C96H63N9.